The van der Waals surface area contributed by atoms with E-state index in [1.54, 1.807) is 0 Å². The van der Waals surface area contributed by atoms with Crippen molar-refractivity contribution in [2.75, 3.05) is 0 Å². The number of halogens is 4. The molecule has 0 saturated carbocycles. The fourth-order valence-corrected chi connectivity index (χ4v) is 0.926. The third kappa shape index (κ3) is 4.63. The molecule has 86 valence electrons. The summed E-state index contributed by atoms with van der Waals surface area (Å²) >= 11 is 0. The van der Waals surface area contributed by atoms with Gasteiger partial charge in [0.1, 0.15) is 5.82 Å². The van der Waals surface area contributed by atoms with Crippen LogP contribution in [-0.4, -0.2) is 12.0 Å². The summed E-state index contributed by atoms with van der Waals surface area (Å²) in [6.45, 7) is 0. The second-order valence-corrected chi connectivity index (χ2v) is 2.88. The summed E-state index contributed by atoms with van der Waals surface area (Å²) in [5, 5.41) is 11.1. The molecule has 0 amide bonds. The van der Waals surface area contributed by atoms with Crippen molar-refractivity contribution < 1.29 is 46.3 Å². The van der Waals surface area contributed by atoms with Gasteiger partial charge in [0.15, 0.2) is 0 Å². The number of ketones is 1. The number of benzene rings is 1. The quantitative estimate of drug-likeness (QED) is 0.278. The molecule has 0 radical (unpaired) electrons. The van der Waals surface area contributed by atoms with E-state index in [1.807, 2.05) is 0 Å². The molecular formula is C10H5F4LiO2. The van der Waals surface area contributed by atoms with Gasteiger partial charge in [-0.2, -0.15) is 13.2 Å². The third-order valence-electron chi connectivity index (χ3n) is 1.65. The molecular weight excluding hydrogens is 235 g/mol. The number of rotatable bonds is 2. The monoisotopic (exact) mass is 240 g/mol. The number of hydrogen-bond donors (Lipinski definition) is 0. The predicted molar refractivity (Wildman–Crippen MR) is 45.4 cm³/mol. The fraction of sp³-hybridized carbons (Fsp3) is 0.100. The molecule has 0 spiro atoms. The second-order valence-electron chi connectivity index (χ2n) is 2.88. The van der Waals surface area contributed by atoms with Crippen LogP contribution in [0.2, 0.25) is 0 Å². The SMILES string of the molecule is O=C(/C=C(\[O-])c1cccc(F)c1)C(F)(F)F.[Li+]. The van der Waals surface area contributed by atoms with Gasteiger partial charge in [0.25, 0.3) is 5.78 Å². The molecule has 0 N–H and O–H groups in total. The van der Waals surface area contributed by atoms with Gasteiger partial charge in [-0.25, -0.2) is 4.39 Å². The van der Waals surface area contributed by atoms with E-state index < -0.39 is 23.5 Å². The van der Waals surface area contributed by atoms with Crippen LogP contribution >= 0.6 is 0 Å². The smallest absolute Gasteiger partial charge is 0.872 e. The van der Waals surface area contributed by atoms with Crippen LogP contribution in [0.25, 0.3) is 5.76 Å². The van der Waals surface area contributed by atoms with E-state index in [0.717, 1.165) is 24.3 Å². The molecule has 1 aromatic carbocycles. The Morgan fingerprint density at radius 3 is 2.35 bits per heavy atom. The van der Waals surface area contributed by atoms with E-state index in [4.69, 9.17) is 0 Å². The van der Waals surface area contributed by atoms with Gasteiger partial charge < -0.3 is 5.11 Å². The van der Waals surface area contributed by atoms with Gasteiger partial charge in [0.05, 0.1) is 0 Å². The zero-order chi connectivity index (χ0) is 12.3. The normalized spacial score (nSPS) is 11.9. The van der Waals surface area contributed by atoms with Crippen LogP contribution in [0.1, 0.15) is 5.56 Å². The first-order chi connectivity index (χ1) is 7.30. The summed E-state index contributed by atoms with van der Waals surface area (Å²) in [5.41, 5.74) is -0.308. The van der Waals surface area contributed by atoms with Crippen LogP contribution in [0.15, 0.2) is 30.3 Å². The second kappa shape index (κ2) is 5.89. The minimum absolute atomic E-state index is 0. The Bertz CT molecular complexity index is 440. The van der Waals surface area contributed by atoms with E-state index >= 15 is 0 Å². The topological polar surface area (TPSA) is 40.1 Å². The Hall–Kier alpha value is -1.25. The molecule has 0 heterocycles. The minimum atomic E-state index is -5.09. The van der Waals surface area contributed by atoms with Crippen molar-refractivity contribution in [1.29, 1.82) is 0 Å². The molecule has 0 aliphatic rings. The maximum absolute atomic E-state index is 12.6. The Morgan fingerprint density at radius 1 is 1.29 bits per heavy atom. The van der Waals surface area contributed by atoms with Gasteiger partial charge in [0, 0.05) is 0 Å². The molecule has 7 heteroatoms. The zero-order valence-electron chi connectivity index (χ0n) is 8.72. The molecule has 0 unspecified atom stereocenters. The maximum Gasteiger partial charge on any atom is 1.00 e. The first kappa shape index (κ1) is 15.7. The molecule has 1 aromatic rings. The van der Waals surface area contributed by atoms with E-state index in [0.29, 0.717) is 0 Å². The molecule has 1 rings (SSSR count). The van der Waals surface area contributed by atoms with Gasteiger partial charge in [-0.15, -0.1) is 0 Å². The van der Waals surface area contributed by atoms with Crippen LogP contribution in [0.4, 0.5) is 17.6 Å². The summed E-state index contributed by atoms with van der Waals surface area (Å²) in [6, 6.07) is 4.06. The number of allylic oxidation sites excluding steroid dienone is 1. The van der Waals surface area contributed by atoms with Crippen molar-refractivity contribution in [1.82, 2.24) is 0 Å². The van der Waals surface area contributed by atoms with Gasteiger partial charge in [-0.3, -0.25) is 4.79 Å². The van der Waals surface area contributed by atoms with E-state index in [-0.39, 0.29) is 30.5 Å². The Morgan fingerprint density at radius 2 is 1.88 bits per heavy atom. The Labute approximate surface area is 106 Å². The van der Waals surface area contributed by atoms with Crippen LogP contribution in [0, 0.1) is 5.82 Å². The van der Waals surface area contributed by atoms with Crippen LogP contribution in [0.3, 0.4) is 0 Å². The van der Waals surface area contributed by atoms with E-state index in [2.05, 4.69) is 0 Å². The largest absolute Gasteiger partial charge is 1.00 e. The average molecular weight is 240 g/mol. The molecule has 0 aliphatic carbocycles. The number of carbonyl (C=O) groups excluding carboxylic acids is 1. The van der Waals surface area contributed by atoms with Crippen molar-refractivity contribution in [3.8, 4) is 0 Å². The fourth-order valence-electron chi connectivity index (χ4n) is 0.926. The van der Waals surface area contributed by atoms with Gasteiger partial charge >= 0.3 is 25.0 Å². The summed E-state index contributed by atoms with van der Waals surface area (Å²) in [5.74, 6) is -4.21. The first-order valence-electron chi connectivity index (χ1n) is 4.06. The van der Waals surface area contributed by atoms with E-state index in [9.17, 15) is 27.5 Å². The number of carbonyl (C=O) groups is 1. The summed E-state index contributed by atoms with van der Waals surface area (Å²) < 4.78 is 48.0. The third-order valence-corrected chi connectivity index (χ3v) is 1.65. The van der Waals surface area contributed by atoms with Gasteiger partial charge in [0.2, 0.25) is 0 Å². The molecule has 0 bridgehead atoms. The summed E-state index contributed by atoms with van der Waals surface area (Å²) in [6.07, 6.45) is -5.20. The number of hydrogen-bond acceptors (Lipinski definition) is 2. The van der Waals surface area contributed by atoms with Crippen LogP contribution < -0.4 is 24.0 Å². The first-order valence-corrected chi connectivity index (χ1v) is 4.06. The standard InChI is InChI=1S/C10H6F4O2.Li/c11-7-3-1-2-6(4-7)8(15)5-9(16)10(12,13)14;/h1-5,15H;/q;+1/p-1/b8-5-;. The molecule has 0 atom stereocenters. The molecule has 0 saturated heterocycles. The van der Waals surface area contributed by atoms with Crippen molar-refractivity contribution >= 4 is 11.5 Å². The molecule has 2 nitrogen and oxygen atoms in total. The average Bonchev–Trinajstić information content (AvgIpc) is 2.16. The maximum atomic E-state index is 12.6. The minimum Gasteiger partial charge on any atom is -0.872 e. The predicted octanol–water partition coefficient (Wildman–Crippen LogP) is -1.34. The summed E-state index contributed by atoms with van der Waals surface area (Å²) in [7, 11) is 0. The van der Waals surface area contributed by atoms with Crippen molar-refractivity contribution in [2.24, 2.45) is 0 Å². The molecule has 17 heavy (non-hydrogen) atoms. The Balaban J connectivity index is 0.00000256. The zero-order valence-corrected chi connectivity index (χ0v) is 8.72. The molecule has 0 aliphatic heterocycles. The molecule has 0 fully saturated rings. The summed E-state index contributed by atoms with van der Waals surface area (Å²) in [4.78, 5) is 10.4. The van der Waals surface area contributed by atoms with Crippen molar-refractivity contribution in [3.63, 3.8) is 0 Å². The molecule has 0 aromatic heterocycles. The van der Waals surface area contributed by atoms with Crippen molar-refractivity contribution in [2.45, 2.75) is 6.18 Å². The van der Waals surface area contributed by atoms with Crippen LogP contribution in [-0.2, 0) is 4.79 Å². The Kier molecular flexibility index (Phi) is 5.46. The van der Waals surface area contributed by atoms with Crippen LogP contribution in [0.5, 0.6) is 0 Å². The number of alkyl halides is 3. The van der Waals surface area contributed by atoms with Gasteiger partial charge in [-0.1, -0.05) is 17.9 Å². The van der Waals surface area contributed by atoms with Crippen molar-refractivity contribution in [3.05, 3.63) is 41.7 Å². The van der Waals surface area contributed by atoms with Gasteiger partial charge in [-0.05, 0) is 23.8 Å². The van der Waals surface area contributed by atoms with E-state index in [1.165, 1.54) is 0 Å².